The zero-order valence-electron chi connectivity index (χ0n) is 16.5. The molecule has 0 aliphatic heterocycles. The molecule has 0 aliphatic rings. The first-order chi connectivity index (χ1) is 13.5. The van der Waals surface area contributed by atoms with E-state index in [1.54, 1.807) is 42.3 Å². The summed E-state index contributed by atoms with van der Waals surface area (Å²) in [6.45, 7) is 0.552. The molecule has 146 valence electrons. The number of benzene rings is 2. The Morgan fingerprint density at radius 1 is 1.07 bits per heavy atom. The number of rotatable bonds is 7. The third-order valence-corrected chi connectivity index (χ3v) is 4.40. The Morgan fingerprint density at radius 3 is 2.46 bits per heavy atom. The van der Waals surface area contributed by atoms with Crippen LogP contribution in [0.3, 0.4) is 0 Å². The van der Waals surface area contributed by atoms with Crippen LogP contribution in [0.5, 0.6) is 11.5 Å². The van der Waals surface area contributed by atoms with E-state index >= 15 is 0 Å². The lowest BCUT2D eigenvalue weighted by atomic mass is 10.1. The Labute approximate surface area is 164 Å². The molecular weight excluding hydrogens is 356 g/mol. The van der Waals surface area contributed by atoms with Crippen molar-refractivity contribution in [1.29, 1.82) is 0 Å². The van der Waals surface area contributed by atoms with Crippen molar-refractivity contribution in [1.82, 2.24) is 9.78 Å². The van der Waals surface area contributed by atoms with Crippen LogP contribution in [-0.2, 0) is 6.54 Å². The average molecular weight is 380 g/mol. The van der Waals surface area contributed by atoms with Crippen LogP contribution in [0.2, 0.25) is 0 Å². The number of hydrogen-bond acceptors (Lipinski definition) is 5. The number of carbonyl (C=O) groups excluding carboxylic acids is 1. The van der Waals surface area contributed by atoms with Crippen LogP contribution in [0.25, 0.3) is 0 Å². The van der Waals surface area contributed by atoms with Gasteiger partial charge in [-0.25, -0.2) is 4.68 Å². The van der Waals surface area contributed by atoms with Crippen LogP contribution in [-0.4, -0.2) is 44.0 Å². The number of amides is 1. The molecular formula is C21H24N4O3. The van der Waals surface area contributed by atoms with Crippen LogP contribution in [0, 0.1) is 0 Å². The molecule has 1 aromatic heterocycles. The normalized spacial score (nSPS) is 10.4. The van der Waals surface area contributed by atoms with Crippen molar-refractivity contribution in [3.63, 3.8) is 0 Å². The van der Waals surface area contributed by atoms with E-state index in [1.165, 1.54) is 7.11 Å². The number of aromatic nitrogens is 2. The summed E-state index contributed by atoms with van der Waals surface area (Å²) in [7, 11) is 7.10. The summed E-state index contributed by atoms with van der Waals surface area (Å²) in [5.74, 6) is 1.41. The lowest BCUT2D eigenvalue weighted by molar-refractivity contribution is 0.102. The van der Waals surface area contributed by atoms with E-state index in [4.69, 9.17) is 9.47 Å². The zero-order valence-corrected chi connectivity index (χ0v) is 16.5. The summed E-state index contributed by atoms with van der Waals surface area (Å²) in [5.41, 5.74) is 2.64. The maximum atomic E-state index is 12.7. The first-order valence-corrected chi connectivity index (χ1v) is 8.83. The maximum Gasteiger partial charge on any atom is 0.260 e. The molecule has 1 amide bonds. The predicted molar refractivity (Wildman–Crippen MR) is 110 cm³/mol. The van der Waals surface area contributed by atoms with Crippen molar-refractivity contribution >= 4 is 17.4 Å². The molecule has 2 aromatic carbocycles. The summed E-state index contributed by atoms with van der Waals surface area (Å²) in [5, 5.41) is 7.23. The third kappa shape index (κ3) is 4.25. The number of nitrogens with one attached hydrogen (secondary N) is 1. The molecule has 0 spiro atoms. The second-order valence-electron chi connectivity index (χ2n) is 6.46. The fourth-order valence-corrected chi connectivity index (χ4v) is 2.81. The van der Waals surface area contributed by atoms with Gasteiger partial charge in [-0.2, -0.15) is 5.10 Å². The van der Waals surface area contributed by atoms with Gasteiger partial charge in [0.15, 0.2) is 0 Å². The molecule has 1 heterocycles. The van der Waals surface area contributed by atoms with Crippen molar-refractivity contribution in [3.05, 3.63) is 65.9 Å². The molecule has 0 saturated carbocycles. The predicted octanol–water partition coefficient (Wildman–Crippen LogP) is 3.27. The fraction of sp³-hybridized carbons (Fsp3) is 0.238. The lowest BCUT2D eigenvalue weighted by Crippen LogP contribution is -2.17. The topological polar surface area (TPSA) is 68.6 Å². The van der Waals surface area contributed by atoms with Crippen molar-refractivity contribution in [2.75, 3.05) is 38.5 Å². The van der Waals surface area contributed by atoms with Crippen molar-refractivity contribution < 1.29 is 14.3 Å². The molecule has 0 radical (unpaired) electrons. The van der Waals surface area contributed by atoms with E-state index in [0.717, 1.165) is 11.3 Å². The minimum atomic E-state index is -0.274. The van der Waals surface area contributed by atoms with Gasteiger partial charge < -0.3 is 19.7 Å². The number of methoxy groups -OCH3 is 2. The number of carbonyl (C=O) groups is 1. The largest absolute Gasteiger partial charge is 0.497 e. The Morgan fingerprint density at radius 2 is 1.82 bits per heavy atom. The van der Waals surface area contributed by atoms with E-state index in [0.29, 0.717) is 29.4 Å². The lowest BCUT2D eigenvalue weighted by Gasteiger charge is -2.14. The Hall–Kier alpha value is -3.48. The van der Waals surface area contributed by atoms with E-state index in [1.807, 2.05) is 19.0 Å². The number of hydrogen-bond donors (Lipinski definition) is 1. The Kier molecular flexibility index (Phi) is 5.84. The SMILES string of the molecule is COc1ccc(C(=O)Nc2ccnn2Cc2ccc(N(C)C)cc2)c(OC)c1. The second kappa shape index (κ2) is 8.47. The summed E-state index contributed by atoms with van der Waals surface area (Å²) >= 11 is 0. The summed E-state index contributed by atoms with van der Waals surface area (Å²) in [4.78, 5) is 14.8. The maximum absolute atomic E-state index is 12.7. The van der Waals surface area contributed by atoms with Gasteiger partial charge in [-0.1, -0.05) is 12.1 Å². The number of ether oxygens (including phenoxy) is 2. The monoisotopic (exact) mass is 380 g/mol. The van der Waals surface area contributed by atoms with E-state index < -0.39 is 0 Å². The van der Waals surface area contributed by atoms with Crippen molar-refractivity contribution in [2.45, 2.75) is 6.54 Å². The van der Waals surface area contributed by atoms with Gasteiger partial charge >= 0.3 is 0 Å². The molecule has 0 aliphatic carbocycles. The zero-order chi connectivity index (χ0) is 20.1. The van der Waals surface area contributed by atoms with Gasteiger partial charge in [0.25, 0.3) is 5.91 Å². The fourth-order valence-electron chi connectivity index (χ4n) is 2.81. The smallest absolute Gasteiger partial charge is 0.260 e. The molecule has 0 saturated heterocycles. The average Bonchev–Trinajstić information content (AvgIpc) is 3.14. The van der Waals surface area contributed by atoms with E-state index in [9.17, 15) is 4.79 Å². The van der Waals surface area contributed by atoms with Crippen LogP contribution >= 0.6 is 0 Å². The van der Waals surface area contributed by atoms with Gasteiger partial charge in [0, 0.05) is 31.9 Å². The molecule has 1 N–H and O–H groups in total. The van der Waals surface area contributed by atoms with Crippen LogP contribution in [0.1, 0.15) is 15.9 Å². The minimum absolute atomic E-state index is 0.274. The Balaban J connectivity index is 1.76. The first kappa shape index (κ1) is 19.3. The first-order valence-electron chi connectivity index (χ1n) is 8.83. The third-order valence-electron chi connectivity index (χ3n) is 4.40. The van der Waals surface area contributed by atoms with Gasteiger partial charge in [-0.3, -0.25) is 4.79 Å². The molecule has 0 unspecified atom stereocenters. The van der Waals surface area contributed by atoms with Crippen LogP contribution in [0.4, 0.5) is 11.5 Å². The van der Waals surface area contributed by atoms with Gasteiger partial charge in [-0.05, 0) is 29.8 Å². The molecule has 3 rings (SSSR count). The highest BCUT2D eigenvalue weighted by molar-refractivity contribution is 6.05. The molecule has 0 bridgehead atoms. The van der Waals surface area contributed by atoms with Gasteiger partial charge in [0.05, 0.1) is 32.5 Å². The molecule has 0 fully saturated rings. The molecule has 7 nitrogen and oxygen atoms in total. The van der Waals surface area contributed by atoms with Crippen molar-refractivity contribution in [3.8, 4) is 11.5 Å². The molecule has 28 heavy (non-hydrogen) atoms. The van der Waals surface area contributed by atoms with Crippen molar-refractivity contribution in [2.24, 2.45) is 0 Å². The van der Waals surface area contributed by atoms with Crippen LogP contribution < -0.4 is 19.7 Å². The highest BCUT2D eigenvalue weighted by atomic mass is 16.5. The van der Waals surface area contributed by atoms with Gasteiger partial charge in [0.2, 0.25) is 0 Å². The molecule has 0 atom stereocenters. The summed E-state index contributed by atoms with van der Waals surface area (Å²) in [6, 6.07) is 15.1. The number of anilines is 2. The molecule has 7 heteroatoms. The second-order valence-corrected chi connectivity index (χ2v) is 6.46. The standard InChI is InChI=1S/C21H24N4O3/c1-24(2)16-7-5-15(6-8-16)14-25-20(11-12-22-25)23-21(26)18-10-9-17(27-3)13-19(18)28-4/h5-13H,14H2,1-4H3,(H,23,26). The number of nitrogens with zero attached hydrogens (tertiary/aromatic N) is 3. The highest BCUT2D eigenvalue weighted by Gasteiger charge is 2.15. The quantitative estimate of drug-likeness (QED) is 0.681. The summed E-state index contributed by atoms with van der Waals surface area (Å²) in [6.07, 6.45) is 1.66. The highest BCUT2D eigenvalue weighted by Crippen LogP contribution is 2.25. The summed E-state index contributed by atoms with van der Waals surface area (Å²) < 4.78 is 12.2. The van der Waals surface area contributed by atoms with Gasteiger partial charge in [0.1, 0.15) is 17.3 Å². The van der Waals surface area contributed by atoms with Crippen LogP contribution in [0.15, 0.2) is 54.7 Å². The molecule has 3 aromatic rings. The minimum Gasteiger partial charge on any atom is -0.497 e. The van der Waals surface area contributed by atoms with E-state index in [-0.39, 0.29) is 5.91 Å². The van der Waals surface area contributed by atoms with E-state index in [2.05, 4.69) is 34.7 Å². The van der Waals surface area contributed by atoms with Gasteiger partial charge in [-0.15, -0.1) is 0 Å². The Bertz CT molecular complexity index is 949.